The van der Waals surface area contributed by atoms with E-state index in [2.05, 4.69) is 10.6 Å². The zero-order valence-electron chi connectivity index (χ0n) is 11.3. The van der Waals surface area contributed by atoms with Crippen LogP contribution in [0.15, 0.2) is 0 Å². The molecule has 0 aliphatic heterocycles. The first-order chi connectivity index (χ1) is 9.15. The van der Waals surface area contributed by atoms with E-state index in [9.17, 15) is 19.2 Å². The van der Waals surface area contributed by atoms with E-state index in [-0.39, 0.29) is 6.42 Å². The lowest BCUT2D eigenvalue weighted by Gasteiger charge is -2.19. The van der Waals surface area contributed by atoms with Crippen molar-refractivity contribution in [2.45, 2.75) is 44.8 Å². The van der Waals surface area contributed by atoms with Gasteiger partial charge in [-0.1, -0.05) is 0 Å². The van der Waals surface area contributed by atoms with Gasteiger partial charge in [0.1, 0.15) is 12.1 Å². The second-order valence-electron chi connectivity index (χ2n) is 4.35. The topological polar surface area (TPSA) is 159 Å². The highest BCUT2D eigenvalue weighted by atomic mass is 16.4. The minimum Gasteiger partial charge on any atom is -0.481 e. The summed E-state index contributed by atoms with van der Waals surface area (Å²) in [5, 5.41) is 21.8. The first-order valence-electron chi connectivity index (χ1n) is 5.96. The third-order valence-electron chi connectivity index (χ3n) is 2.43. The second-order valence-corrected chi connectivity index (χ2v) is 4.35. The molecular formula is C11H19N3O6. The van der Waals surface area contributed by atoms with Gasteiger partial charge in [-0.2, -0.15) is 0 Å². The summed E-state index contributed by atoms with van der Waals surface area (Å²) in [7, 11) is 0. The normalized spacial score (nSPS) is 14.8. The molecule has 0 aromatic rings. The molecule has 0 aliphatic carbocycles. The molecule has 0 aromatic heterocycles. The second kappa shape index (κ2) is 8.10. The van der Waals surface area contributed by atoms with Gasteiger partial charge in [0, 0.05) is 6.42 Å². The van der Waals surface area contributed by atoms with E-state index in [1.165, 1.54) is 13.8 Å². The fourth-order valence-electron chi connectivity index (χ4n) is 1.23. The molecule has 0 heterocycles. The molecule has 9 heteroatoms. The Morgan fingerprint density at radius 2 is 1.60 bits per heavy atom. The minimum absolute atomic E-state index is 0.246. The molecular weight excluding hydrogens is 270 g/mol. The summed E-state index contributed by atoms with van der Waals surface area (Å²) in [5.74, 6) is -3.78. The molecule has 0 saturated carbocycles. The van der Waals surface area contributed by atoms with E-state index in [4.69, 9.17) is 15.9 Å². The molecule has 0 aromatic carbocycles. The molecule has 0 fully saturated rings. The maximum Gasteiger partial charge on any atom is 0.326 e. The summed E-state index contributed by atoms with van der Waals surface area (Å²) in [5.41, 5.74) is 5.31. The van der Waals surface area contributed by atoms with Crippen LogP contribution in [0.2, 0.25) is 0 Å². The van der Waals surface area contributed by atoms with Gasteiger partial charge in [-0.25, -0.2) is 4.79 Å². The molecule has 0 spiro atoms. The van der Waals surface area contributed by atoms with E-state index in [1.807, 2.05) is 0 Å². The third kappa shape index (κ3) is 6.69. The fraction of sp³-hybridized carbons (Fsp3) is 0.636. The van der Waals surface area contributed by atoms with E-state index in [0.29, 0.717) is 0 Å². The molecule has 9 nitrogen and oxygen atoms in total. The van der Waals surface area contributed by atoms with Crippen LogP contribution in [0.5, 0.6) is 0 Å². The van der Waals surface area contributed by atoms with Crippen molar-refractivity contribution in [3.63, 3.8) is 0 Å². The number of carbonyl (C=O) groups excluding carboxylic acids is 2. The van der Waals surface area contributed by atoms with Gasteiger partial charge in [-0.05, 0) is 20.3 Å². The summed E-state index contributed by atoms with van der Waals surface area (Å²) >= 11 is 0. The van der Waals surface area contributed by atoms with Crippen LogP contribution >= 0.6 is 0 Å². The highest BCUT2D eigenvalue weighted by Crippen LogP contribution is 1.99. The van der Waals surface area contributed by atoms with Crippen LogP contribution in [0, 0.1) is 0 Å². The van der Waals surface area contributed by atoms with Gasteiger partial charge in [0.2, 0.25) is 11.8 Å². The number of carboxylic acids is 2. The molecule has 0 aliphatic rings. The monoisotopic (exact) mass is 289 g/mol. The zero-order chi connectivity index (χ0) is 15.9. The van der Waals surface area contributed by atoms with Crippen molar-refractivity contribution in [2.75, 3.05) is 0 Å². The minimum atomic E-state index is -1.34. The summed E-state index contributed by atoms with van der Waals surface area (Å²) in [4.78, 5) is 44.2. The lowest BCUT2D eigenvalue weighted by molar-refractivity contribution is -0.143. The molecule has 6 N–H and O–H groups in total. The van der Waals surface area contributed by atoms with Crippen molar-refractivity contribution in [3.05, 3.63) is 0 Å². The van der Waals surface area contributed by atoms with Crippen molar-refractivity contribution >= 4 is 23.8 Å². The number of hydrogen-bond donors (Lipinski definition) is 5. The van der Waals surface area contributed by atoms with Gasteiger partial charge < -0.3 is 26.6 Å². The molecule has 0 saturated heterocycles. The SMILES string of the molecule is CC(N)C(=O)NC(C)C(=O)NC(CCC(=O)O)C(=O)O. The molecule has 20 heavy (non-hydrogen) atoms. The number of hydrogen-bond acceptors (Lipinski definition) is 5. The van der Waals surface area contributed by atoms with E-state index >= 15 is 0 Å². The summed E-state index contributed by atoms with van der Waals surface area (Å²) < 4.78 is 0. The van der Waals surface area contributed by atoms with Crippen molar-refractivity contribution in [3.8, 4) is 0 Å². The van der Waals surface area contributed by atoms with E-state index in [1.54, 1.807) is 0 Å². The summed E-state index contributed by atoms with van der Waals surface area (Å²) in [6.45, 7) is 2.80. The van der Waals surface area contributed by atoms with Gasteiger partial charge in [0.15, 0.2) is 0 Å². The standard InChI is InChI=1S/C11H19N3O6/c1-5(12)9(17)13-6(2)10(18)14-7(11(19)20)3-4-8(15)16/h5-7H,3-4,12H2,1-2H3,(H,13,17)(H,14,18)(H,15,16)(H,19,20). The Bertz CT molecular complexity index is 396. The number of amides is 2. The summed E-state index contributed by atoms with van der Waals surface area (Å²) in [6, 6.07) is -3.10. The zero-order valence-corrected chi connectivity index (χ0v) is 11.3. The van der Waals surface area contributed by atoms with Gasteiger partial charge >= 0.3 is 11.9 Å². The van der Waals surface area contributed by atoms with Crippen molar-refractivity contribution in [1.82, 2.24) is 10.6 Å². The number of rotatable bonds is 8. The van der Waals surface area contributed by atoms with Gasteiger partial charge in [-0.3, -0.25) is 14.4 Å². The average Bonchev–Trinajstić information content (AvgIpc) is 2.32. The van der Waals surface area contributed by atoms with Crippen molar-refractivity contribution < 1.29 is 29.4 Å². The van der Waals surface area contributed by atoms with Crippen LogP contribution in [0.3, 0.4) is 0 Å². The molecule has 0 radical (unpaired) electrons. The quantitative estimate of drug-likeness (QED) is 0.355. The summed E-state index contributed by atoms with van der Waals surface area (Å²) in [6.07, 6.45) is -0.637. The van der Waals surface area contributed by atoms with Crippen LogP contribution in [-0.4, -0.2) is 52.1 Å². The fourth-order valence-corrected chi connectivity index (χ4v) is 1.23. The number of aliphatic carboxylic acids is 2. The lowest BCUT2D eigenvalue weighted by Crippen LogP contribution is -2.52. The smallest absolute Gasteiger partial charge is 0.326 e. The molecule has 114 valence electrons. The highest BCUT2D eigenvalue weighted by molar-refractivity contribution is 5.91. The Kier molecular flexibility index (Phi) is 7.22. The Hall–Kier alpha value is -2.16. The van der Waals surface area contributed by atoms with Crippen LogP contribution in [0.1, 0.15) is 26.7 Å². The van der Waals surface area contributed by atoms with Gasteiger partial charge in [0.25, 0.3) is 0 Å². The molecule has 0 bridgehead atoms. The van der Waals surface area contributed by atoms with Gasteiger partial charge in [-0.15, -0.1) is 0 Å². The van der Waals surface area contributed by atoms with Crippen LogP contribution < -0.4 is 16.4 Å². The van der Waals surface area contributed by atoms with Crippen LogP contribution in [0.25, 0.3) is 0 Å². The van der Waals surface area contributed by atoms with Crippen LogP contribution in [-0.2, 0) is 19.2 Å². The Morgan fingerprint density at radius 3 is 2.00 bits per heavy atom. The number of carbonyl (C=O) groups is 4. The number of nitrogens with one attached hydrogen (secondary N) is 2. The first-order valence-corrected chi connectivity index (χ1v) is 5.96. The van der Waals surface area contributed by atoms with E-state index in [0.717, 1.165) is 0 Å². The Balaban J connectivity index is 4.48. The first kappa shape index (κ1) is 17.8. The van der Waals surface area contributed by atoms with Crippen LogP contribution in [0.4, 0.5) is 0 Å². The maximum atomic E-state index is 11.7. The average molecular weight is 289 g/mol. The molecule has 0 rings (SSSR count). The molecule has 2 amide bonds. The highest BCUT2D eigenvalue weighted by Gasteiger charge is 2.24. The van der Waals surface area contributed by atoms with Gasteiger partial charge in [0.05, 0.1) is 6.04 Å². The molecule has 3 unspecified atom stereocenters. The molecule has 3 atom stereocenters. The van der Waals surface area contributed by atoms with Crippen molar-refractivity contribution in [1.29, 1.82) is 0 Å². The Labute approximate surface area is 115 Å². The third-order valence-corrected chi connectivity index (χ3v) is 2.43. The number of nitrogens with two attached hydrogens (primary N) is 1. The van der Waals surface area contributed by atoms with E-state index < -0.39 is 48.3 Å². The predicted octanol–water partition coefficient (Wildman–Crippen LogP) is -1.73. The predicted molar refractivity (Wildman–Crippen MR) is 67.7 cm³/mol. The largest absolute Gasteiger partial charge is 0.481 e. The van der Waals surface area contributed by atoms with Crippen molar-refractivity contribution in [2.24, 2.45) is 5.73 Å². The number of carboxylic acid groups (broad SMARTS) is 2. The maximum absolute atomic E-state index is 11.7. The lowest BCUT2D eigenvalue weighted by atomic mass is 10.1. The Morgan fingerprint density at radius 1 is 1.05 bits per heavy atom.